The van der Waals surface area contributed by atoms with Crippen molar-refractivity contribution < 1.29 is 14.3 Å². The lowest BCUT2D eigenvalue weighted by atomic mass is 10.0. The molecule has 1 amide bonds. The van der Waals surface area contributed by atoms with Crippen LogP contribution >= 0.6 is 0 Å². The lowest BCUT2D eigenvalue weighted by Crippen LogP contribution is -2.43. The molecule has 1 aliphatic heterocycles. The van der Waals surface area contributed by atoms with Gasteiger partial charge in [0.15, 0.2) is 0 Å². The van der Waals surface area contributed by atoms with Gasteiger partial charge in [-0.15, -0.1) is 0 Å². The van der Waals surface area contributed by atoms with E-state index in [1.807, 2.05) is 31.2 Å². The minimum Gasteiger partial charge on any atom is -0.491 e. The van der Waals surface area contributed by atoms with Crippen LogP contribution in [0.25, 0.3) is 0 Å². The van der Waals surface area contributed by atoms with Crippen LogP contribution in [0.2, 0.25) is 0 Å². The molecule has 2 heterocycles. The van der Waals surface area contributed by atoms with E-state index >= 15 is 0 Å². The van der Waals surface area contributed by atoms with E-state index in [-0.39, 0.29) is 12.5 Å². The van der Waals surface area contributed by atoms with E-state index in [9.17, 15) is 9.59 Å². The third-order valence-electron chi connectivity index (χ3n) is 4.68. The molecule has 7 heteroatoms. The van der Waals surface area contributed by atoms with E-state index in [4.69, 9.17) is 9.47 Å². The molecule has 0 spiro atoms. The zero-order valence-electron chi connectivity index (χ0n) is 15.1. The van der Waals surface area contributed by atoms with E-state index in [1.54, 1.807) is 24.3 Å². The number of nitrogens with zero attached hydrogens (tertiary/aromatic N) is 3. The zero-order valence-corrected chi connectivity index (χ0v) is 15.1. The molecule has 0 N–H and O–H groups in total. The minimum atomic E-state index is -0.542. The largest absolute Gasteiger partial charge is 0.491 e. The highest BCUT2D eigenvalue weighted by atomic mass is 16.5. The SMILES string of the molecule is CO[C@]1(COc2cccc(C)c2)CCN(C(=O)Cn2cccnc2=O)C1. The average molecular weight is 357 g/mol. The third kappa shape index (κ3) is 4.11. The Kier molecular flexibility index (Phi) is 5.37. The topological polar surface area (TPSA) is 73.7 Å². The quantitative estimate of drug-likeness (QED) is 0.778. The fraction of sp³-hybridized carbons (Fsp3) is 0.421. The first-order valence-electron chi connectivity index (χ1n) is 8.55. The van der Waals surface area contributed by atoms with Gasteiger partial charge in [0.25, 0.3) is 0 Å². The number of benzene rings is 1. The molecule has 1 aromatic carbocycles. The van der Waals surface area contributed by atoms with E-state index in [0.717, 1.165) is 11.3 Å². The molecular weight excluding hydrogens is 334 g/mol. The molecule has 3 rings (SSSR count). The second-order valence-electron chi connectivity index (χ2n) is 6.59. The summed E-state index contributed by atoms with van der Waals surface area (Å²) in [6, 6.07) is 9.46. The van der Waals surface area contributed by atoms with Gasteiger partial charge in [-0.3, -0.25) is 9.36 Å². The second-order valence-corrected chi connectivity index (χ2v) is 6.59. The van der Waals surface area contributed by atoms with Crippen molar-refractivity contribution in [3.8, 4) is 5.75 Å². The molecule has 0 bridgehead atoms. The summed E-state index contributed by atoms with van der Waals surface area (Å²) in [5, 5.41) is 0. The number of likely N-dealkylation sites (tertiary alicyclic amines) is 1. The fourth-order valence-corrected chi connectivity index (χ4v) is 3.07. The number of aryl methyl sites for hydroxylation is 1. The number of hydrogen-bond donors (Lipinski definition) is 0. The predicted octanol–water partition coefficient (Wildman–Crippen LogP) is 1.25. The van der Waals surface area contributed by atoms with Gasteiger partial charge in [-0.05, 0) is 37.1 Å². The number of methoxy groups -OCH3 is 1. The molecule has 0 saturated carbocycles. The lowest BCUT2D eigenvalue weighted by Gasteiger charge is -2.28. The van der Waals surface area contributed by atoms with Crippen LogP contribution in [-0.4, -0.2) is 52.8 Å². The summed E-state index contributed by atoms with van der Waals surface area (Å²) in [4.78, 5) is 29.6. The van der Waals surface area contributed by atoms with Crippen molar-refractivity contribution in [1.29, 1.82) is 0 Å². The van der Waals surface area contributed by atoms with Gasteiger partial charge in [-0.2, -0.15) is 0 Å². The number of carbonyl (C=O) groups excluding carboxylic acids is 1. The first-order chi connectivity index (χ1) is 12.5. The van der Waals surface area contributed by atoms with Crippen molar-refractivity contribution in [3.63, 3.8) is 0 Å². The maximum Gasteiger partial charge on any atom is 0.347 e. The normalized spacial score (nSPS) is 19.5. The molecule has 138 valence electrons. The summed E-state index contributed by atoms with van der Waals surface area (Å²) in [6.45, 7) is 3.35. The number of amides is 1. The molecule has 26 heavy (non-hydrogen) atoms. The van der Waals surface area contributed by atoms with Gasteiger partial charge in [0.2, 0.25) is 5.91 Å². The first-order valence-corrected chi connectivity index (χ1v) is 8.55. The highest BCUT2D eigenvalue weighted by Gasteiger charge is 2.41. The summed E-state index contributed by atoms with van der Waals surface area (Å²) < 4.78 is 12.9. The Morgan fingerprint density at radius 2 is 2.19 bits per heavy atom. The number of ether oxygens (including phenoxy) is 2. The monoisotopic (exact) mass is 357 g/mol. The van der Waals surface area contributed by atoms with Crippen LogP contribution in [0.4, 0.5) is 0 Å². The van der Waals surface area contributed by atoms with Gasteiger partial charge in [0.05, 0.1) is 6.54 Å². The Morgan fingerprint density at radius 3 is 2.92 bits per heavy atom. The number of aromatic nitrogens is 2. The molecule has 0 aliphatic carbocycles. The van der Waals surface area contributed by atoms with E-state index in [0.29, 0.717) is 26.1 Å². The molecule has 7 nitrogen and oxygen atoms in total. The highest BCUT2D eigenvalue weighted by molar-refractivity contribution is 5.76. The van der Waals surface area contributed by atoms with Crippen molar-refractivity contribution >= 4 is 5.91 Å². The van der Waals surface area contributed by atoms with Crippen LogP contribution in [0.5, 0.6) is 5.75 Å². The van der Waals surface area contributed by atoms with E-state index in [1.165, 1.54) is 10.8 Å². The molecule has 1 saturated heterocycles. The Labute approximate surface area is 152 Å². The van der Waals surface area contributed by atoms with Gasteiger partial charge in [0.1, 0.15) is 24.5 Å². The predicted molar refractivity (Wildman–Crippen MR) is 96.1 cm³/mol. The van der Waals surface area contributed by atoms with Crippen LogP contribution < -0.4 is 10.4 Å². The summed E-state index contributed by atoms with van der Waals surface area (Å²) in [5.74, 6) is 0.655. The maximum atomic E-state index is 12.5. The molecule has 0 unspecified atom stereocenters. The van der Waals surface area contributed by atoms with Gasteiger partial charge in [-0.25, -0.2) is 9.78 Å². The Morgan fingerprint density at radius 1 is 1.35 bits per heavy atom. The molecular formula is C19H23N3O4. The van der Waals surface area contributed by atoms with Crippen LogP contribution in [0, 0.1) is 6.92 Å². The van der Waals surface area contributed by atoms with Gasteiger partial charge >= 0.3 is 5.69 Å². The molecule has 1 aliphatic rings. The molecule has 1 fully saturated rings. The maximum absolute atomic E-state index is 12.5. The van der Waals surface area contributed by atoms with Crippen LogP contribution in [0.1, 0.15) is 12.0 Å². The summed E-state index contributed by atoms with van der Waals surface area (Å²) >= 11 is 0. The Hall–Kier alpha value is -2.67. The van der Waals surface area contributed by atoms with Crippen molar-refractivity contribution in [2.45, 2.75) is 25.5 Å². The number of hydrogen-bond acceptors (Lipinski definition) is 5. The molecule has 1 atom stereocenters. The van der Waals surface area contributed by atoms with Gasteiger partial charge in [0, 0.05) is 26.0 Å². The van der Waals surface area contributed by atoms with Crippen molar-refractivity contribution in [1.82, 2.24) is 14.5 Å². The standard InChI is InChI=1S/C19H23N3O4/c1-15-5-3-6-16(11-15)26-14-19(25-2)7-10-22(13-19)17(23)12-21-9-4-8-20-18(21)24/h3-6,8-9,11H,7,10,12-14H2,1-2H3/t19-/m1/s1. The van der Waals surface area contributed by atoms with Crippen molar-refractivity contribution in [3.05, 3.63) is 58.8 Å². The van der Waals surface area contributed by atoms with Crippen molar-refractivity contribution in [2.75, 3.05) is 26.8 Å². The van der Waals surface area contributed by atoms with Crippen molar-refractivity contribution in [2.24, 2.45) is 0 Å². The molecule has 0 radical (unpaired) electrons. The summed E-state index contributed by atoms with van der Waals surface area (Å²) in [7, 11) is 1.64. The summed E-state index contributed by atoms with van der Waals surface area (Å²) in [6.07, 6.45) is 3.66. The van der Waals surface area contributed by atoms with E-state index < -0.39 is 11.3 Å². The summed E-state index contributed by atoms with van der Waals surface area (Å²) in [5.41, 5.74) is 0.152. The van der Waals surface area contributed by atoms with Crippen LogP contribution in [-0.2, 0) is 16.1 Å². The van der Waals surface area contributed by atoms with Crippen LogP contribution in [0.3, 0.4) is 0 Å². The first kappa shape index (κ1) is 18.1. The smallest absolute Gasteiger partial charge is 0.347 e. The zero-order chi connectivity index (χ0) is 18.6. The average Bonchev–Trinajstić information content (AvgIpc) is 3.07. The molecule has 2 aromatic rings. The fourth-order valence-electron chi connectivity index (χ4n) is 3.07. The van der Waals surface area contributed by atoms with Gasteiger partial charge in [-0.1, -0.05) is 12.1 Å². The lowest BCUT2D eigenvalue weighted by molar-refractivity contribution is -0.132. The number of carbonyl (C=O) groups is 1. The third-order valence-corrected chi connectivity index (χ3v) is 4.68. The van der Waals surface area contributed by atoms with Gasteiger partial charge < -0.3 is 14.4 Å². The molecule has 1 aromatic heterocycles. The Bertz CT molecular complexity index is 835. The minimum absolute atomic E-state index is 0.0226. The van der Waals surface area contributed by atoms with E-state index in [2.05, 4.69) is 4.98 Å². The van der Waals surface area contributed by atoms with Crippen LogP contribution in [0.15, 0.2) is 47.5 Å². The highest BCUT2D eigenvalue weighted by Crippen LogP contribution is 2.26. The number of rotatable bonds is 6. The second kappa shape index (κ2) is 7.70. The Balaban J connectivity index is 1.62.